The predicted molar refractivity (Wildman–Crippen MR) is 141 cm³/mol. The second kappa shape index (κ2) is 11.4. The molecule has 0 bridgehead atoms. The highest BCUT2D eigenvalue weighted by Crippen LogP contribution is 2.37. The fourth-order valence-corrected chi connectivity index (χ4v) is 5.21. The molecule has 0 saturated carbocycles. The number of alkyl halides is 6. The van der Waals surface area contributed by atoms with Crippen LogP contribution in [0.3, 0.4) is 0 Å². The largest absolute Gasteiger partial charge is 0.416 e. The van der Waals surface area contributed by atoms with Crippen LogP contribution in [0, 0.1) is 0 Å². The molecule has 1 aliphatic rings. The number of hydrogen-bond donors (Lipinski definition) is 1. The van der Waals surface area contributed by atoms with Crippen LogP contribution in [-0.4, -0.2) is 45.3 Å². The first-order valence-electron chi connectivity index (χ1n) is 13.0. The van der Waals surface area contributed by atoms with Crippen LogP contribution >= 0.6 is 0 Å². The van der Waals surface area contributed by atoms with Gasteiger partial charge in [0, 0.05) is 29.6 Å². The van der Waals surface area contributed by atoms with Gasteiger partial charge in [0.2, 0.25) is 0 Å². The average Bonchev–Trinajstić information content (AvgIpc) is 2.96. The minimum Gasteiger partial charge on any atom is -0.348 e. The Kier molecular flexibility index (Phi) is 7.89. The van der Waals surface area contributed by atoms with E-state index in [1.54, 1.807) is 42.5 Å². The van der Waals surface area contributed by atoms with E-state index >= 15 is 0 Å². The van der Waals surface area contributed by atoms with Gasteiger partial charge in [0.05, 0.1) is 16.6 Å². The van der Waals surface area contributed by atoms with E-state index in [1.807, 2.05) is 12.1 Å². The zero-order chi connectivity index (χ0) is 30.1. The summed E-state index contributed by atoms with van der Waals surface area (Å²) in [4.78, 5) is 36.3. The molecule has 218 valence electrons. The first kappa shape index (κ1) is 29.0. The highest BCUT2D eigenvalue weighted by molar-refractivity contribution is 6.04. The number of benzene rings is 3. The van der Waals surface area contributed by atoms with Gasteiger partial charge in [-0.3, -0.25) is 9.59 Å². The molecule has 4 aromatic rings. The summed E-state index contributed by atoms with van der Waals surface area (Å²) in [5, 5.41) is 3.49. The molecular weight excluding hydrogens is 562 g/mol. The van der Waals surface area contributed by atoms with E-state index in [0.717, 1.165) is 5.56 Å². The summed E-state index contributed by atoms with van der Waals surface area (Å²) in [5.74, 6) is -1.40. The Hall–Kier alpha value is -4.48. The van der Waals surface area contributed by atoms with Crippen LogP contribution in [0.4, 0.5) is 26.3 Å². The van der Waals surface area contributed by atoms with Gasteiger partial charge in [-0.25, -0.2) is 9.97 Å². The molecule has 2 atom stereocenters. The van der Waals surface area contributed by atoms with Crippen LogP contribution in [0.5, 0.6) is 0 Å². The Morgan fingerprint density at radius 1 is 0.857 bits per heavy atom. The summed E-state index contributed by atoms with van der Waals surface area (Å²) in [6.45, 7) is 0.00337. The van der Waals surface area contributed by atoms with Crippen LogP contribution in [-0.2, 0) is 18.8 Å². The molecule has 3 aromatic carbocycles. The van der Waals surface area contributed by atoms with Crippen LogP contribution in [0.15, 0.2) is 79.1 Å². The Morgan fingerprint density at radius 3 is 2.17 bits per heavy atom. The van der Waals surface area contributed by atoms with Crippen molar-refractivity contribution in [1.82, 2.24) is 20.2 Å². The smallest absolute Gasteiger partial charge is 0.348 e. The topological polar surface area (TPSA) is 75.2 Å². The highest BCUT2D eigenvalue weighted by atomic mass is 19.4. The van der Waals surface area contributed by atoms with E-state index < -0.39 is 52.9 Å². The second-order valence-electron chi connectivity index (χ2n) is 10.1. The molecule has 2 amide bonds. The van der Waals surface area contributed by atoms with E-state index in [9.17, 15) is 35.9 Å². The van der Waals surface area contributed by atoms with Crippen LogP contribution < -0.4 is 5.32 Å². The Labute approximate surface area is 236 Å². The summed E-state index contributed by atoms with van der Waals surface area (Å²) in [7, 11) is 0. The van der Waals surface area contributed by atoms with Crippen molar-refractivity contribution in [3.05, 3.63) is 107 Å². The maximum Gasteiger partial charge on any atom is 0.416 e. The van der Waals surface area contributed by atoms with Gasteiger partial charge < -0.3 is 10.2 Å². The van der Waals surface area contributed by atoms with E-state index in [4.69, 9.17) is 0 Å². The lowest BCUT2D eigenvalue weighted by molar-refractivity contribution is -0.143. The van der Waals surface area contributed by atoms with Crippen molar-refractivity contribution in [3.63, 3.8) is 0 Å². The summed E-state index contributed by atoms with van der Waals surface area (Å²) in [5.41, 5.74) is -2.25. The number of nitrogens with zero attached hydrogens (tertiary/aromatic N) is 3. The fourth-order valence-electron chi connectivity index (χ4n) is 5.21. The van der Waals surface area contributed by atoms with Gasteiger partial charge >= 0.3 is 12.4 Å². The lowest BCUT2D eigenvalue weighted by atomic mass is 9.91. The van der Waals surface area contributed by atoms with Crippen LogP contribution in [0.2, 0.25) is 0 Å². The second-order valence-corrected chi connectivity index (χ2v) is 10.1. The number of carbonyl (C=O) groups excluding carboxylic acids is 2. The number of carbonyl (C=O) groups is 2. The van der Waals surface area contributed by atoms with E-state index in [-0.39, 0.29) is 37.6 Å². The number of rotatable bonds is 5. The molecule has 42 heavy (non-hydrogen) atoms. The first-order chi connectivity index (χ1) is 19.9. The third kappa shape index (κ3) is 6.37. The van der Waals surface area contributed by atoms with Crippen molar-refractivity contribution in [2.24, 2.45) is 0 Å². The highest BCUT2D eigenvalue weighted by Gasteiger charge is 2.39. The minimum atomic E-state index is -5.08. The van der Waals surface area contributed by atoms with Gasteiger partial charge in [-0.2, -0.15) is 26.3 Å². The molecule has 2 unspecified atom stereocenters. The van der Waals surface area contributed by atoms with E-state index in [2.05, 4.69) is 15.3 Å². The van der Waals surface area contributed by atoms with Gasteiger partial charge in [-0.15, -0.1) is 0 Å². The van der Waals surface area contributed by atoms with Crippen molar-refractivity contribution in [1.29, 1.82) is 0 Å². The van der Waals surface area contributed by atoms with Crippen LogP contribution in [0.25, 0.3) is 10.9 Å². The molecule has 1 N–H and O–H groups in total. The van der Waals surface area contributed by atoms with Crippen LogP contribution in [0.1, 0.15) is 50.4 Å². The summed E-state index contributed by atoms with van der Waals surface area (Å²) < 4.78 is 80.8. The third-order valence-electron chi connectivity index (χ3n) is 7.22. The molecule has 1 saturated heterocycles. The molecular formula is C30H24F6N4O2. The molecule has 1 aromatic heterocycles. The quantitative estimate of drug-likeness (QED) is 0.278. The van der Waals surface area contributed by atoms with E-state index in [0.29, 0.717) is 23.0 Å². The molecule has 1 aliphatic heterocycles. The summed E-state index contributed by atoms with van der Waals surface area (Å²) >= 11 is 0. The maximum atomic E-state index is 13.5. The SMILES string of the molecule is O=C(NC1CCN(C(=O)c2cc(C(F)(F)F)cc(C(F)(F)F)c2)C(Cc2ccccc2)C1)c1ncnc2ccccc12. The number of fused-ring (bicyclic) bond motifs is 1. The normalized spacial score (nSPS) is 17.7. The number of aromatic nitrogens is 2. The van der Waals surface area contributed by atoms with Gasteiger partial charge in [0.15, 0.2) is 0 Å². The molecule has 0 spiro atoms. The number of para-hydroxylation sites is 1. The fraction of sp³-hybridized carbons (Fsp3) is 0.267. The van der Waals surface area contributed by atoms with Gasteiger partial charge in [0.25, 0.3) is 11.8 Å². The number of nitrogens with one attached hydrogen (secondary N) is 1. The van der Waals surface area contributed by atoms with E-state index in [1.165, 1.54) is 11.2 Å². The molecule has 12 heteroatoms. The molecule has 0 radical (unpaired) electrons. The minimum absolute atomic E-state index is 0.00314. The summed E-state index contributed by atoms with van der Waals surface area (Å²) in [6, 6.07) is 15.8. The zero-order valence-corrected chi connectivity index (χ0v) is 21.9. The number of amides is 2. The third-order valence-corrected chi connectivity index (χ3v) is 7.22. The number of piperidine rings is 1. The molecule has 0 aliphatic carbocycles. The number of likely N-dealkylation sites (tertiary alicyclic amines) is 1. The average molecular weight is 587 g/mol. The van der Waals surface area contributed by atoms with Crippen molar-refractivity contribution < 1.29 is 35.9 Å². The lowest BCUT2D eigenvalue weighted by Gasteiger charge is -2.40. The van der Waals surface area contributed by atoms with Gasteiger partial charge in [-0.05, 0) is 49.1 Å². The number of halogens is 6. The zero-order valence-electron chi connectivity index (χ0n) is 21.9. The summed E-state index contributed by atoms with van der Waals surface area (Å²) in [6.07, 6.45) is -8.15. The maximum absolute atomic E-state index is 13.5. The predicted octanol–water partition coefficient (Wildman–Crippen LogP) is 6.31. The molecule has 1 fully saturated rings. The lowest BCUT2D eigenvalue weighted by Crippen LogP contribution is -2.53. The Balaban J connectivity index is 1.43. The van der Waals surface area contributed by atoms with Crippen molar-refractivity contribution in [2.45, 2.75) is 43.7 Å². The van der Waals surface area contributed by atoms with Gasteiger partial charge in [0.1, 0.15) is 12.0 Å². The monoisotopic (exact) mass is 586 g/mol. The molecule has 2 heterocycles. The number of hydrogen-bond acceptors (Lipinski definition) is 4. The van der Waals surface area contributed by atoms with Crippen molar-refractivity contribution in [2.75, 3.05) is 6.54 Å². The molecule has 6 nitrogen and oxygen atoms in total. The van der Waals surface area contributed by atoms with Crippen molar-refractivity contribution in [3.8, 4) is 0 Å². The van der Waals surface area contributed by atoms with Gasteiger partial charge in [-0.1, -0.05) is 48.5 Å². The van der Waals surface area contributed by atoms with Crippen molar-refractivity contribution >= 4 is 22.7 Å². The molecule has 5 rings (SSSR count). The first-order valence-corrected chi connectivity index (χ1v) is 13.0. The Bertz CT molecular complexity index is 1570. The standard InChI is InChI=1S/C30H24F6N4O2/c31-29(32,33)20-13-19(14-21(15-20)30(34,35)36)28(42)40-11-10-22(16-23(40)12-18-6-2-1-3-7-18)39-27(41)26-24-8-4-5-9-25(24)37-17-38-26/h1-9,13-15,17,22-23H,10-12,16H2,(H,39,41). The Morgan fingerprint density at radius 2 is 1.50 bits per heavy atom.